The van der Waals surface area contributed by atoms with Crippen molar-refractivity contribution in [3.8, 4) is 5.75 Å². The lowest BCUT2D eigenvalue weighted by Crippen LogP contribution is -2.29. The van der Waals surface area contributed by atoms with Crippen LogP contribution in [-0.4, -0.2) is 32.1 Å². The fourth-order valence-corrected chi connectivity index (χ4v) is 1.44. The lowest BCUT2D eigenvalue weighted by atomic mass is 10.3. The highest BCUT2D eigenvalue weighted by Gasteiger charge is 1.98. The molecule has 0 atom stereocenters. The quantitative estimate of drug-likeness (QED) is 0.654. The monoisotopic (exact) mass is 250 g/mol. The number of para-hydroxylation sites is 1. The molecule has 1 rings (SSSR count). The van der Waals surface area contributed by atoms with Gasteiger partial charge in [0, 0.05) is 26.1 Å². The van der Waals surface area contributed by atoms with Crippen molar-refractivity contribution >= 4 is 5.91 Å². The minimum absolute atomic E-state index is 0.105. The minimum atomic E-state index is 0.105. The Labute approximate surface area is 109 Å². The molecule has 0 saturated heterocycles. The van der Waals surface area contributed by atoms with Crippen LogP contribution in [0.1, 0.15) is 19.8 Å². The predicted molar refractivity (Wildman–Crippen MR) is 72.7 cm³/mol. The first-order chi connectivity index (χ1) is 8.83. The summed E-state index contributed by atoms with van der Waals surface area (Å²) in [5, 5.41) is 6.02. The number of hydrogen-bond acceptors (Lipinski definition) is 3. The molecule has 0 radical (unpaired) electrons. The molecular formula is C14H22N2O2. The van der Waals surface area contributed by atoms with Gasteiger partial charge in [0.15, 0.2) is 0 Å². The summed E-state index contributed by atoms with van der Waals surface area (Å²) >= 11 is 0. The minimum Gasteiger partial charge on any atom is -0.492 e. The van der Waals surface area contributed by atoms with Crippen LogP contribution in [0.4, 0.5) is 0 Å². The summed E-state index contributed by atoms with van der Waals surface area (Å²) in [4.78, 5) is 11.3. The van der Waals surface area contributed by atoms with E-state index >= 15 is 0 Å². The zero-order valence-corrected chi connectivity index (χ0v) is 10.9. The van der Waals surface area contributed by atoms with Crippen LogP contribution in [0, 0.1) is 0 Å². The van der Waals surface area contributed by atoms with Gasteiger partial charge in [-0.25, -0.2) is 0 Å². The average molecular weight is 250 g/mol. The second kappa shape index (κ2) is 9.48. The summed E-state index contributed by atoms with van der Waals surface area (Å²) in [7, 11) is 0. The van der Waals surface area contributed by atoms with Crippen LogP contribution in [-0.2, 0) is 4.79 Å². The third-order valence-electron chi connectivity index (χ3n) is 2.39. The van der Waals surface area contributed by atoms with Crippen molar-refractivity contribution in [3.63, 3.8) is 0 Å². The molecule has 0 unspecified atom stereocenters. The van der Waals surface area contributed by atoms with Gasteiger partial charge in [0.25, 0.3) is 0 Å². The number of carbonyl (C=O) groups is 1. The number of carbonyl (C=O) groups excluding carboxylic acids is 1. The number of rotatable bonds is 9. The van der Waals surface area contributed by atoms with Gasteiger partial charge in [-0.3, -0.25) is 4.79 Å². The van der Waals surface area contributed by atoms with Gasteiger partial charge in [0.1, 0.15) is 12.4 Å². The first-order valence-electron chi connectivity index (χ1n) is 6.48. The number of hydrogen-bond donors (Lipinski definition) is 2. The van der Waals surface area contributed by atoms with Crippen molar-refractivity contribution in [2.24, 2.45) is 0 Å². The molecule has 0 aliphatic heterocycles. The lowest BCUT2D eigenvalue weighted by molar-refractivity contribution is -0.120. The van der Waals surface area contributed by atoms with Crippen LogP contribution in [0.3, 0.4) is 0 Å². The second-order valence-corrected chi connectivity index (χ2v) is 4.01. The SMILES string of the molecule is CCCNC(=O)CCNCCOc1ccccc1. The van der Waals surface area contributed by atoms with Gasteiger partial charge >= 0.3 is 0 Å². The fourth-order valence-electron chi connectivity index (χ4n) is 1.44. The predicted octanol–water partition coefficient (Wildman–Crippen LogP) is 1.57. The molecule has 100 valence electrons. The first kappa shape index (κ1) is 14.5. The molecule has 0 aliphatic rings. The molecule has 0 spiro atoms. The molecule has 18 heavy (non-hydrogen) atoms. The molecule has 1 amide bonds. The molecule has 0 aliphatic carbocycles. The van der Waals surface area contributed by atoms with E-state index in [1.807, 2.05) is 37.3 Å². The largest absolute Gasteiger partial charge is 0.492 e. The van der Waals surface area contributed by atoms with E-state index in [4.69, 9.17) is 4.74 Å². The Bertz CT molecular complexity index is 328. The summed E-state index contributed by atoms with van der Waals surface area (Å²) in [6, 6.07) is 9.71. The maximum absolute atomic E-state index is 11.3. The van der Waals surface area contributed by atoms with Crippen LogP contribution < -0.4 is 15.4 Å². The van der Waals surface area contributed by atoms with Crippen LogP contribution in [0.25, 0.3) is 0 Å². The zero-order valence-electron chi connectivity index (χ0n) is 10.9. The number of benzene rings is 1. The number of ether oxygens (including phenoxy) is 1. The van der Waals surface area contributed by atoms with E-state index in [1.54, 1.807) is 0 Å². The summed E-state index contributed by atoms with van der Waals surface area (Å²) in [6.07, 6.45) is 1.50. The van der Waals surface area contributed by atoms with E-state index in [-0.39, 0.29) is 5.91 Å². The van der Waals surface area contributed by atoms with Crippen LogP contribution in [0.5, 0.6) is 5.75 Å². The van der Waals surface area contributed by atoms with Crippen molar-refractivity contribution in [1.82, 2.24) is 10.6 Å². The average Bonchev–Trinajstić information content (AvgIpc) is 2.41. The molecule has 4 nitrogen and oxygen atoms in total. The van der Waals surface area contributed by atoms with Crippen LogP contribution in [0.2, 0.25) is 0 Å². The van der Waals surface area contributed by atoms with E-state index in [1.165, 1.54) is 0 Å². The van der Waals surface area contributed by atoms with E-state index in [2.05, 4.69) is 10.6 Å². The lowest BCUT2D eigenvalue weighted by Gasteiger charge is -2.07. The zero-order chi connectivity index (χ0) is 13.1. The summed E-state index contributed by atoms with van der Waals surface area (Å²) in [6.45, 7) is 4.85. The Hall–Kier alpha value is -1.55. The molecule has 0 bridgehead atoms. The molecule has 0 heterocycles. The highest BCUT2D eigenvalue weighted by Crippen LogP contribution is 2.07. The second-order valence-electron chi connectivity index (χ2n) is 4.01. The first-order valence-corrected chi connectivity index (χ1v) is 6.48. The number of nitrogens with one attached hydrogen (secondary N) is 2. The highest BCUT2D eigenvalue weighted by atomic mass is 16.5. The van der Waals surface area contributed by atoms with E-state index < -0.39 is 0 Å². The van der Waals surface area contributed by atoms with Gasteiger partial charge in [-0.2, -0.15) is 0 Å². The van der Waals surface area contributed by atoms with E-state index in [0.29, 0.717) is 19.6 Å². The van der Waals surface area contributed by atoms with Crippen molar-refractivity contribution in [1.29, 1.82) is 0 Å². The third kappa shape index (κ3) is 6.91. The topological polar surface area (TPSA) is 50.4 Å². The van der Waals surface area contributed by atoms with Crippen LogP contribution in [0.15, 0.2) is 30.3 Å². The molecule has 2 N–H and O–H groups in total. The Kier molecular flexibility index (Phi) is 7.64. The van der Waals surface area contributed by atoms with Crippen molar-refractivity contribution in [3.05, 3.63) is 30.3 Å². The summed E-state index contributed by atoms with van der Waals surface area (Å²) in [5.74, 6) is 0.980. The standard InChI is InChI=1S/C14H22N2O2/c1-2-9-16-14(17)8-10-15-11-12-18-13-6-4-3-5-7-13/h3-7,15H,2,8-12H2,1H3,(H,16,17). The van der Waals surface area contributed by atoms with Crippen molar-refractivity contribution < 1.29 is 9.53 Å². The van der Waals surface area contributed by atoms with Gasteiger partial charge in [-0.1, -0.05) is 25.1 Å². The molecule has 4 heteroatoms. The van der Waals surface area contributed by atoms with Gasteiger partial charge < -0.3 is 15.4 Å². The summed E-state index contributed by atoms with van der Waals surface area (Å²) in [5.41, 5.74) is 0. The van der Waals surface area contributed by atoms with Crippen molar-refractivity contribution in [2.75, 3.05) is 26.2 Å². The Balaban J connectivity index is 1.94. The van der Waals surface area contributed by atoms with Gasteiger partial charge in [0.2, 0.25) is 5.91 Å². The molecule has 0 fully saturated rings. The van der Waals surface area contributed by atoms with Crippen LogP contribution >= 0.6 is 0 Å². The van der Waals surface area contributed by atoms with Gasteiger partial charge in [-0.05, 0) is 18.6 Å². The Morgan fingerprint density at radius 2 is 1.94 bits per heavy atom. The molecule has 0 aromatic heterocycles. The van der Waals surface area contributed by atoms with Crippen molar-refractivity contribution in [2.45, 2.75) is 19.8 Å². The maximum atomic E-state index is 11.3. The highest BCUT2D eigenvalue weighted by molar-refractivity contribution is 5.75. The summed E-state index contributed by atoms with van der Waals surface area (Å²) < 4.78 is 5.51. The molecule has 0 saturated carbocycles. The smallest absolute Gasteiger partial charge is 0.221 e. The Morgan fingerprint density at radius 1 is 1.17 bits per heavy atom. The van der Waals surface area contributed by atoms with Gasteiger partial charge in [0.05, 0.1) is 0 Å². The maximum Gasteiger partial charge on any atom is 0.221 e. The Morgan fingerprint density at radius 3 is 2.67 bits per heavy atom. The molecular weight excluding hydrogens is 228 g/mol. The molecule has 1 aromatic rings. The normalized spacial score (nSPS) is 10.1. The fraction of sp³-hybridized carbons (Fsp3) is 0.500. The van der Waals surface area contributed by atoms with E-state index in [9.17, 15) is 4.79 Å². The van der Waals surface area contributed by atoms with Gasteiger partial charge in [-0.15, -0.1) is 0 Å². The molecule has 1 aromatic carbocycles. The third-order valence-corrected chi connectivity index (χ3v) is 2.39. The van der Waals surface area contributed by atoms with E-state index in [0.717, 1.165) is 25.3 Å². The number of amides is 1.